The summed E-state index contributed by atoms with van der Waals surface area (Å²) in [6.07, 6.45) is 0.841. The Kier molecular flexibility index (Phi) is 4.56. The molecule has 1 unspecified atom stereocenters. The Morgan fingerprint density at radius 1 is 1.00 bits per heavy atom. The van der Waals surface area contributed by atoms with Crippen molar-refractivity contribution in [2.75, 3.05) is 17.2 Å². The number of carbonyl (C=O) groups excluding carboxylic acids is 2. The van der Waals surface area contributed by atoms with Gasteiger partial charge < -0.3 is 15.4 Å². The van der Waals surface area contributed by atoms with Crippen LogP contribution in [0.3, 0.4) is 0 Å². The third kappa shape index (κ3) is 3.58. The summed E-state index contributed by atoms with van der Waals surface area (Å²) in [4.78, 5) is 23.1. The van der Waals surface area contributed by atoms with Crippen LogP contribution in [0.4, 0.5) is 11.4 Å². The van der Waals surface area contributed by atoms with E-state index in [0.29, 0.717) is 35.5 Å². The first-order valence-corrected chi connectivity index (χ1v) is 10.3. The zero-order chi connectivity index (χ0) is 19.9. The molecule has 146 valence electrons. The first-order valence-electron chi connectivity index (χ1n) is 8.83. The van der Waals surface area contributed by atoms with Crippen LogP contribution < -0.4 is 20.1 Å². The maximum absolute atomic E-state index is 12.8. The SMILES string of the molecule is CC(NS(=O)(=O)c1ccc2c(c1)CCC(=O)N2)c1ccc2c(c1)NC(=O)CO2. The van der Waals surface area contributed by atoms with Crippen LogP contribution in [0.25, 0.3) is 0 Å². The molecule has 2 heterocycles. The molecule has 2 aromatic rings. The maximum Gasteiger partial charge on any atom is 0.262 e. The van der Waals surface area contributed by atoms with Gasteiger partial charge in [-0.1, -0.05) is 6.07 Å². The second kappa shape index (κ2) is 6.92. The summed E-state index contributed by atoms with van der Waals surface area (Å²) < 4.78 is 33.6. The highest BCUT2D eigenvalue weighted by atomic mass is 32.2. The summed E-state index contributed by atoms with van der Waals surface area (Å²) in [5.74, 6) is 0.229. The number of amides is 2. The van der Waals surface area contributed by atoms with E-state index in [1.54, 1.807) is 37.3 Å². The molecular weight excluding hydrogens is 382 g/mol. The number of ether oxygens (including phenoxy) is 1. The van der Waals surface area contributed by atoms with Crippen molar-refractivity contribution < 1.29 is 22.7 Å². The second-order valence-electron chi connectivity index (χ2n) is 6.80. The number of aryl methyl sites for hydroxylation is 1. The molecule has 0 fully saturated rings. The molecule has 0 bridgehead atoms. The van der Waals surface area contributed by atoms with Gasteiger partial charge >= 0.3 is 0 Å². The smallest absolute Gasteiger partial charge is 0.262 e. The molecule has 0 saturated carbocycles. The third-order valence-electron chi connectivity index (χ3n) is 4.75. The van der Waals surface area contributed by atoms with Gasteiger partial charge in [0.25, 0.3) is 5.91 Å². The van der Waals surface area contributed by atoms with Gasteiger partial charge in [-0.05, 0) is 54.8 Å². The van der Waals surface area contributed by atoms with E-state index in [9.17, 15) is 18.0 Å². The van der Waals surface area contributed by atoms with Crippen LogP contribution in [-0.2, 0) is 26.0 Å². The molecule has 9 heteroatoms. The zero-order valence-electron chi connectivity index (χ0n) is 15.1. The lowest BCUT2D eigenvalue weighted by Gasteiger charge is -2.21. The monoisotopic (exact) mass is 401 g/mol. The molecule has 2 aromatic carbocycles. The Morgan fingerprint density at radius 2 is 1.79 bits per heavy atom. The number of rotatable bonds is 4. The minimum absolute atomic E-state index is 0.0344. The van der Waals surface area contributed by atoms with Crippen molar-refractivity contribution in [1.82, 2.24) is 4.72 Å². The highest BCUT2D eigenvalue weighted by molar-refractivity contribution is 7.89. The summed E-state index contributed by atoms with van der Waals surface area (Å²) >= 11 is 0. The lowest BCUT2D eigenvalue weighted by atomic mass is 10.0. The summed E-state index contributed by atoms with van der Waals surface area (Å²) in [5.41, 5.74) is 2.65. The van der Waals surface area contributed by atoms with Crippen molar-refractivity contribution in [3.05, 3.63) is 47.5 Å². The van der Waals surface area contributed by atoms with Crippen molar-refractivity contribution in [1.29, 1.82) is 0 Å². The molecule has 0 aliphatic carbocycles. The van der Waals surface area contributed by atoms with Crippen molar-refractivity contribution in [3.63, 3.8) is 0 Å². The number of sulfonamides is 1. The number of hydrogen-bond acceptors (Lipinski definition) is 5. The first kappa shape index (κ1) is 18.5. The van der Waals surface area contributed by atoms with Crippen LogP contribution in [0.1, 0.15) is 30.5 Å². The van der Waals surface area contributed by atoms with Crippen LogP contribution in [0.5, 0.6) is 5.75 Å². The lowest BCUT2D eigenvalue weighted by molar-refractivity contribution is -0.118. The minimum Gasteiger partial charge on any atom is -0.482 e. The van der Waals surface area contributed by atoms with Crippen LogP contribution in [-0.4, -0.2) is 26.8 Å². The number of hydrogen-bond donors (Lipinski definition) is 3. The molecule has 0 spiro atoms. The summed E-state index contributed by atoms with van der Waals surface area (Å²) in [6.45, 7) is 1.69. The van der Waals surface area contributed by atoms with E-state index in [2.05, 4.69) is 15.4 Å². The predicted molar refractivity (Wildman–Crippen MR) is 103 cm³/mol. The molecule has 3 N–H and O–H groups in total. The van der Waals surface area contributed by atoms with Crippen molar-refractivity contribution in [2.45, 2.75) is 30.7 Å². The molecule has 8 nitrogen and oxygen atoms in total. The molecule has 0 radical (unpaired) electrons. The number of carbonyl (C=O) groups is 2. The van der Waals surface area contributed by atoms with Gasteiger partial charge in [-0.3, -0.25) is 9.59 Å². The van der Waals surface area contributed by atoms with E-state index in [1.807, 2.05) is 0 Å². The Labute approximate surface area is 162 Å². The summed E-state index contributed by atoms with van der Waals surface area (Å²) in [7, 11) is -3.77. The predicted octanol–water partition coefficient (Wildman–Crippen LogP) is 1.94. The van der Waals surface area contributed by atoms with Crippen LogP contribution in [0, 0.1) is 0 Å². The Hall–Kier alpha value is -2.91. The van der Waals surface area contributed by atoms with Crippen molar-refractivity contribution in [2.24, 2.45) is 0 Å². The number of anilines is 2. The fourth-order valence-corrected chi connectivity index (χ4v) is 4.55. The van der Waals surface area contributed by atoms with E-state index in [4.69, 9.17) is 4.74 Å². The van der Waals surface area contributed by atoms with Gasteiger partial charge in [0, 0.05) is 18.2 Å². The van der Waals surface area contributed by atoms with Gasteiger partial charge in [0.15, 0.2) is 6.61 Å². The summed E-state index contributed by atoms with van der Waals surface area (Å²) in [5, 5.41) is 5.45. The standard InChI is InChI=1S/C19H19N3O5S/c1-11(12-2-6-17-16(9-12)21-19(24)10-27-17)22-28(25,26)14-4-5-15-13(8-14)3-7-18(23)20-15/h2,4-6,8-9,11,22H,3,7,10H2,1H3,(H,20,23)(H,21,24). The molecule has 0 saturated heterocycles. The average molecular weight is 401 g/mol. The zero-order valence-corrected chi connectivity index (χ0v) is 15.9. The van der Waals surface area contributed by atoms with Gasteiger partial charge in [-0.25, -0.2) is 13.1 Å². The highest BCUT2D eigenvalue weighted by Crippen LogP contribution is 2.31. The number of nitrogens with one attached hydrogen (secondary N) is 3. The first-order chi connectivity index (χ1) is 13.3. The number of benzene rings is 2. The van der Waals surface area contributed by atoms with Crippen LogP contribution in [0.15, 0.2) is 41.3 Å². The van der Waals surface area contributed by atoms with Gasteiger partial charge in [-0.15, -0.1) is 0 Å². The average Bonchev–Trinajstić information content (AvgIpc) is 2.66. The van der Waals surface area contributed by atoms with Crippen LogP contribution in [0.2, 0.25) is 0 Å². The topological polar surface area (TPSA) is 114 Å². The molecule has 1 atom stereocenters. The van der Waals surface area contributed by atoms with E-state index < -0.39 is 16.1 Å². The minimum atomic E-state index is -3.77. The Morgan fingerprint density at radius 3 is 2.61 bits per heavy atom. The summed E-state index contributed by atoms with van der Waals surface area (Å²) in [6, 6.07) is 9.30. The molecule has 4 rings (SSSR count). The maximum atomic E-state index is 12.8. The molecule has 2 aliphatic rings. The fraction of sp³-hybridized carbons (Fsp3) is 0.263. The quantitative estimate of drug-likeness (QED) is 0.725. The van der Waals surface area contributed by atoms with E-state index in [0.717, 1.165) is 5.56 Å². The van der Waals surface area contributed by atoms with E-state index in [-0.39, 0.29) is 23.3 Å². The normalized spacial score (nSPS) is 16.9. The van der Waals surface area contributed by atoms with E-state index in [1.165, 1.54) is 6.07 Å². The Balaban J connectivity index is 1.55. The fourth-order valence-electron chi connectivity index (χ4n) is 3.27. The second-order valence-corrected chi connectivity index (χ2v) is 8.52. The highest BCUT2D eigenvalue weighted by Gasteiger charge is 2.23. The van der Waals surface area contributed by atoms with Crippen LogP contribution >= 0.6 is 0 Å². The van der Waals surface area contributed by atoms with Gasteiger partial charge in [0.1, 0.15) is 5.75 Å². The number of fused-ring (bicyclic) bond motifs is 2. The molecule has 0 aromatic heterocycles. The van der Waals surface area contributed by atoms with E-state index >= 15 is 0 Å². The van der Waals surface area contributed by atoms with Gasteiger partial charge in [0.05, 0.1) is 10.6 Å². The largest absolute Gasteiger partial charge is 0.482 e. The van der Waals surface area contributed by atoms with Gasteiger partial charge in [0.2, 0.25) is 15.9 Å². The van der Waals surface area contributed by atoms with Gasteiger partial charge in [-0.2, -0.15) is 0 Å². The lowest BCUT2D eigenvalue weighted by Crippen LogP contribution is -2.28. The molecular formula is C19H19N3O5S. The molecule has 2 aliphatic heterocycles. The molecule has 28 heavy (non-hydrogen) atoms. The third-order valence-corrected chi connectivity index (χ3v) is 6.29. The molecule has 2 amide bonds. The Bertz CT molecular complexity index is 1080. The van der Waals surface area contributed by atoms with Crippen molar-refractivity contribution >= 4 is 33.2 Å². The van der Waals surface area contributed by atoms with Crippen molar-refractivity contribution in [3.8, 4) is 5.75 Å².